The number of halogens is 1. The molecule has 0 aliphatic carbocycles. The topological polar surface area (TPSA) is 82.8 Å². The molecule has 0 atom stereocenters. The number of hydrogen-bond donors (Lipinski definition) is 0. The van der Waals surface area contributed by atoms with E-state index in [1.54, 1.807) is 0 Å². The first-order valence-electron chi connectivity index (χ1n) is 5.18. The van der Waals surface area contributed by atoms with Crippen molar-refractivity contribution in [3.05, 3.63) is 29.2 Å². The predicted octanol–water partition coefficient (Wildman–Crippen LogP) is 1.06. The second kappa shape index (κ2) is 5.09. The van der Waals surface area contributed by atoms with Crippen molar-refractivity contribution in [1.82, 2.24) is 24.7 Å². The lowest BCUT2D eigenvalue weighted by atomic mass is 10.4. The Hall–Kier alpha value is -2.02. The van der Waals surface area contributed by atoms with Crippen molar-refractivity contribution in [3.63, 3.8) is 0 Å². The summed E-state index contributed by atoms with van der Waals surface area (Å²) < 4.78 is 5.86. The highest BCUT2D eigenvalue weighted by Gasteiger charge is 2.13. The third-order valence-corrected chi connectivity index (χ3v) is 2.33. The fourth-order valence-electron chi connectivity index (χ4n) is 1.29. The molecule has 7 nitrogen and oxygen atoms in total. The molecule has 0 bridgehead atoms. The van der Waals surface area contributed by atoms with Gasteiger partial charge in [0.25, 0.3) is 5.82 Å². The van der Waals surface area contributed by atoms with Crippen molar-refractivity contribution < 1.29 is 9.53 Å². The number of nitrogens with zero attached hydrogens (tertiary/aromatic N) is 5. The van der Waals surface area contributed by atoms with Gasteiger partial charge in [0.05, 0.1) is 7.11 Å². The van der Waals surface area contributed by atoms with Crippen molar-refractivity contribution in [2.45, 2.75) is 13.3 Å². The Morgan fingerprint density at radius 1 is 1.50 bits per heavy atom. The maximum absolute atomic E-state index is 11.2. The first-order valence-corrected chi connectivity index (χ1v) is 5.55. The van der Waals surface area contributed by atoms with Crippen LogP contribution >= 0.6 is 11.6 Å². The zero-order valence-corrected chi connectivity index (χ0v) is 10.5. The molecule has 2 heterocycles. The molecule has 18 heavy (non-hydrogen) atoms. The molecule has 0 aromatic carbocycles. The highest BCUT2D eigenvalue weighted by Crippen LogP contribution is 2.11. The van der Waals surface area contributed by atoms with Gasteiger partial charge in [0.1, 0.15) is 17.3 Å². The van der Waals surface area contributed by atoms with Gasteiger partial charge in [0, 0.05) is 12.5 Å². The maximum atomic E-state index is 11.2. The maximum Gasteiger partial charge on any atom is 0.377 e. The van der Waals surface area contributed by atoms with E-state index in [1.807, 2.05) is 6.92 Å². The van der Waals surface area contributed by atoms with Gasteiger partial charge in [-0.05, 0) is 0 Å². The molecular weight excluding hydrogens is 258 g/mol. The molecule has 0 aliphatic heterocycles. The van der Waals surface area contributed by atoms with Crippen molar-refractivity contribution >= 4 is 17.6 Å². The van der Waals surface area contributed by atoms with Gasteiger partial charge in [-0.25, -0.2) is 24.4 Å². The van der Waals surface area contributed by atoms with Gasteiger partial charge in [0.2, 0.25) is 0 Å². The molecule has 0 amide bonds. The van der Waals surface area contributed by atoms with Crippen LogP contribution in [0, 0.1) is 0 Å². The summed E-state index contributed by atoms with van der Waals surface area (Å²) in [7, 11) is 1.26. The summed E-state index contributed by atoms with van der Waals surface area (Å²) in [6.07, 6.45) is 2.01. The third kappa shape index (κ3) is 2.45. The van der Waals surface area contributed by atoms with Crippen LogP contribution in [0.2, 0.25) is 5.15 Å². The van der Waals surface area contributed by atoms with Crippen LogP contribution in [0.25, 0.3) is 5.82 Å². The van der Waals surface area contributed by atoms with Crippen LogP contribution in [0.15, 0.2) is 12.4 Å². The number of esters is 1. The second-order valence-electron chi connectivity index (χ2n) is 3.32. The zero-order chi connectivity index (χ0) is 13.1. The number of hydrogen-bond acceptors (Lipinski definition) is 6. The summed E-state index contributed by atoms with van der Waals surface area (Å²) in [4.78, 5) is 23.3. The largest absolute Gasteiger partial charge is 0.463 e. The van der Waals surface area contributed by atoms with E-state index in [-0.39, 0.29) is 5.82 Å². The summed E-state index contributed by atoms with van der Waals surface area (Å²) in [5.41, 5.74) is 0. The molecule has 2 aromatic heterocycles. The highest BCUT2D eigenvalue weighted by atomic mass is 35.5. The van der Waals surface area contributed by atoms with Gasteiger partial charge in [-0.2, -0.15) is 0 Å². The number of ether oxygens (including phenoxy) is 1. The summed E-state index contributed by atoms with van der Waals surface area (Å²) in [6, 6.07) is 1.54. The number of rotatable bonds is 3. The van der Waals surface area contributed by atoms with Gasteiger partial charge in [-0.1, -0.05) is 18.5 Å². The second-order valence-corrected chi connectivity index (χ2v) is 3.71. The van der Waals surface area contributed by atoms with Crippen LogP contribution < -0.4 is 0 Å². The third-order valence-electron chi connectivity index (χ3n) is 2.14. The minimum atomic E-state index is -0.607. The molecule has 0 N–H and O–H groups in total. The van der Waals surface area contributed by atoms with E-state index >= 15 is 0 Å². The molecule has 0 radical (unpaired) electrons. The van der Waals surface area contributed by atoms with Crippen LogP contribution in [0.4, 0.5) is 0 Å². The molecule has 0 spiro atoms. The van der Waals surface area contributed by atoms with Gasteiger partial charge in [0.15, 0.2) is 5.82 Å². The van der Waals surface area contributed by atoms with E-state index in [1.165, 1.54) is 24.2 Å². The number of carbonyl (C=O) groups is 1. The van der Waals surface area contributed by atoms with E-state index in [2.05, 4.69) is 24.8 Å². The van der Waals surface area contributed by atoms with Crippen LogP contribution in [0.5, 0.6) is 0 Å². The molecule has 2 aromatic rings. The average molecular weight is 268 g/mol. The monoisotopic (exact) mass is 267 g/mol. The van der Waals surface area contributed by atoms with Crippen LogP contribution in [0.1, 0.15) is 23.4 Å². The van der Waals surface area contributed by atoms with Crippen molar-refractivity contribution in [2.75, 3.05) is 7.11 Å². The summed E-state index contributed by atoms with van der Waals surface area (Å²) >= 11 is 5.87. The first-order chi connectivity index (χ1) is 8.63. The molecular formula is C10H10ClN5O2. The molecule has 0 saturated heterocycles. The Morgan fingerprint density at radius 3 is 2.94 bits per heavy atom. The number of aryl methyl sites for hydroxylation is 1. The molecule has 94 valence electrons. The lowest BCUT2D eigenvalue weighted by molar-refractivity contribution is 0.0587. The van der Waals surface area contributed by atoms with E-state index in [0.717, 1.165) is 0 Å². The van der Waals surface area contributed by atoms with Crippen molar-refractivity contribution in [1.29, 1.82) is 0 Å². The quantitative estimate of drug-likeness (QED) is 0.611. The lowest BCUT2D eigenvalue weighted by Crippen LogP contribution is -2.07. The van der Waals surface area contributed by atoms with Crippen LogP contribution in [0.3, 0.4) is 0 Å². The summed E-state index contributed by atoms with van der Waals surface area (Å²) in [6.45, 7) is 1.91. The van der Waals surface area contributed by atoms with Crippen molar-refractivity contribution in [3.8, 4) is 5.82 Å². The summed E-state index contributed by atoms with van der Waals surface area (Å²) in [5.74, 6) is 0.400. The van der Waals surface area contributed by atoms with E-state index in [9.17, 15) is 4.79 Å². The Bertz CT molecular complexity index is 583. The highest BCUT2D eigenvalue weighted by molar-refractivity contribution is 6.29. The van der Waals surface area contributed by atoms with Gasteiger partial charge < -0.3 is 4.74 Å². The smallest absolute Gasteiger partial charge is 0.377 e. The van der Waals surface area contributed by atoms with E-state index < -0.39 is 5.97 Å². The Kier molecular flexibility index (Phi) is 3.52. The summed E-state index contributed by atoms with van der Waals surface area (Å²) in [5, 5.41) is 4.26. The first kappa shape index (κ1) is 12.4. The molecule has 2 rings (SSSR count). The van der Waals surface area contributed by atoms with Crippen molar-refractivity contribution in [2.24, 2.45) is 0 Å². The minimum Gasteiger partial charge on any atom is -0.463 e. The van der Waals surface area contributed by atoms with Crippen LogP contribution in [-0.2, 0) is 11.2 Å². The predicted molar refractivity (Wildman–Crippen MR) is 62.7 cm³/mol. The van der Waals surface area contributed by atoms with E-state index in [0.29, 0.717) is 23.2 Å². The van der Waals surface area contributed by atoms with Gasteiger partial charge in [-0.15, -0.1) is 5.10 Å². The Labute approximate surface area is 108 Å². The van der Waals surface area contributed by atoms with Gasteiger partial charge >= 0.3 is 5.97 Å². The molecule has 0 unspecified atom stereocenters. The lowest BCUT2D eigenvalue weighted by Gasteiger charge is -2.02. The van der Waals surface area contributed by atoms with Crippen LogP contribution in [-0.4, -0.2) is 37.8 Å². The SMILES string of the molecule is CCc1nc(Cl)cc(-n2cnc(C(=O)OC)n2)n1. The minimum absolute atomic E-state index is 0.0368. The standard InChI is InChI=1S/C10H10ClN5O2/c1-3-7-13-6(11)4-8(14-7)16-5-12-9(15-16)10(17)18-2/h4-5H,3H2,1-2H3. The molecule has 8 heteroatoms. The van der Waals surface area contributed by atoms with Gasteiger partial charge in [-0.3, -0.25) is 0 Å². The zero-order valence-electron chi connectivity index (χ0n) is 9.79. The Balaban J connectivity index is 2.39. The molecule has 0 saturated carbocycles. The number of carbonyl (C=O) groups excluding carboxylic acids is 1. The number of aromatic nitrogens is 5. The molecule has 0 fully saturated rings. The Morgan fingerprint density at radius 2 is 2.28 bits per heavy atom. The molecule has 0 aliphatic rings. The fourth-order valence-corrected chi connectivity index (χ4v) is 1.48. The normalized spacial score (nSPS) is 10.4. The van der Waals surface area contributed by atoms with E-state index in [4.69, 9.17) is 11.6 Å². The average Bonchev–Trinajstić information content (AvgIpc) is 2.86. The fraction of sp³-hybridized carbons (Fsp3) is 0.300. The number of methoxy groups -OCH3 is 1.